The number of para-hydroxylation sites is 1. The molecule has 1 atom stereocenters. The van der Waals surface area contributed by atoms with E-state index in [1.54, 1.807) is 41.3 Å². The van der Waals surface area contributed by atoms with Crippen LogP contribution in [0.3, 0.4) is 0 Å². The molecular formula is C22H23FN2O3. The maximum absolute atomic E-state index is 14.0. The first-order valence-corrected chi connectivity index (χ1v) is 9.69. The average molecular weight is 382 g/mol. The second-order valence-electron chi connectivity index (χ2n) is 7.34. The molecule has 1 N–H and O–H groups in total. The Labute approximate surface area is 163 Å². The van der Waals surface area contributed by atoms with Gasteiger partial charge in [0.2, 0.25) is 5.91 Å². The van der Waals surface area contributed by atoms with E-state index in [1.165, 1.54) is 12.1 Å². The molecule has 0 bridgehead atoms. The minimum atomic E-state index is -0.801. The van der Waals surface area contributed by atoms with Crippen LogP contribution in [0.2, 0.25) is 0 Å². The molecular weight excluding hydrogens is 359 g/mol. The highest BCUT2D eigenvalue weighted by Crippen LogP contribution is 2.41. The summed E-state index contributed by atoms with van der Waals surface area (Å²) in [6.07, 6.45) is 4.38. The summed E-state index contributed by atoms with van der Waals surface area (Å²) < 4.78 is 20.1. The SMILES string of the molecule is O=C(Nc1ccccc1F)C1COC2(CCCCC2)N1C(=O)c1ccccc1. The summed E-state index contributed by atoms with van der Waals surface area (Å²) >= 11 is 0. The number of halogens is 1. The highest BCUT2D eigenvalue weighted by Gasteiger charge is 2.53. The Morgan fingerprint density at radius 1 is 1.00 bits per heavy atom. The maximum atomic E-state index is 14.0. The Bertz CT molecular complexity index is 865. The molecule has 28 heavy (non-hydrogen) atoms. The Balaban J connectivity index is 1.64. The molecule has 146 valence electrons. The van der Waals surface area contributed by atoms with Gasteiger partial charge in [-0.1, -0.05) is 36.8 Å². The van der Waals surface area contributed by atoms with E-state index in [4.69, 9.17) is 4.74 Å². The van der Waals surface area contributed by atoms with Crippen LogP contribution in [0.4, 0.5) is 10.1 Å². The molecule has 1 saturated heterocycles. The maximum Gasteiger partial charge on any atom is 0.256 e. The van der Waals surface area contributed by atoms with Crippen molar-refractivity contribution in [1.29, 1.82) is 0 Å². The molecule has 2 fully saturated rings. The summed E-state index contributed by atoms with van der Waals surface area (Å²) in [5.41, 5.74) is -0.145. The van der Waals surface area contributed by atoms with Gasteiger partial charge < -0.3 is 10.1 Å². The quantitative estimate of drug-likeness (QED) is 0.874. The number of ether oxygens (including phenoxy) is 1. The molecule has 1 aliphatic heterocycles. The molecule has 4 rings (SSSR count). The van der Waals surface area contributed by atoms with Crippen molar-refractivity contribution < 1.29 is 18.7 Å². The first kappa shape index (κ1) is 18.6. The Hall–Kier alpha value is -2.73. The minimum Gasteiger partial charge on any atom is -0.353 e. The summed E-state index contributed by atoms with van der Waals surface area (Å²) in [6.45, 7) is 0.110. The number of amides is 2. The van der Waals surface area contributed by atoms with Gasteiger partial charge in [-0.2, -0.15) is 0 Å². The third-order valence-electron chi connectivity index (χ3n) is 5.57. The molecule has 1 unspecified atom stereocenters. The molecule has 2 aromatic rings. The monoisotopic (exact) mass is 382 g/mol. The molecule has 2 aromatic carbocycles. The van der Waals surface area contributed by atoms with Crippen LogP contribution in [0.5, 0.6) is 0 Å². The second kappa shape index (κ2) is 7.72. The van der Waals surface area contributed by atoms with Crippen molar-refractivity contribution in [3.8, 4) is 0 Å². The van der Waals surface area contributed by atoms with E-state index in [1.807, 2.05) is 6.07 Å². The van der Waals surface area contributed by atoms with Crippen LogP contribution in [0.15, 0.2) is 54.6 Å². The number of nitrogens with one attached hydrogen (secondary N) is 1. The van der Waals surface area contributed by atoms with Crippen molar-refractivity contribution in [3.05, 3.63) is 66.0 Å². The number of rotatable bonds is 3. The molecule has 0 aromatic heterocycles. The van der Waals surface area contributed by atoms with Crippen molar-refractivity contribution in [2.45, 2.75) is 43.9 Å². The van der Waals surface area contributed by atoms with E-state index >= 15 is 0 Å². The van der Waals surface area contributed by atoms with Gasteiger partial charge in [-0.3, -0.25) is 14.5 Å². The number of carbonyl (C=O) groups excluding carboxylic acids is 2. The average Bonchev–Trinajstić information content (AvgIpc) is 3.08. The van der Waals surface area contributed by atoms with E-state index in [2.05, 4.69) is 5.32 Å². The van der Waals surface area contributed by atoms with Gasteiger partial charge in [-0.15, -0.1) is 0 Å². The topological polar surface area (TPSA) is 58.6 Å². The lowest BCUT2D eigenvalue weighted by atomic mass is 9.89. The predicted octanol–water partition coefficient (Wildman–Crippen LogP) is 3.97. The lowest BCUT2D eigenvalue weighted by molar-refractivity contribution is -0.122. The van der Waals surface area contributed by atoms with Crippen molar-refractivity contribution >= 4 is 17.5 Å². The van der Waals surface area contributed by atoms with Crippen molar-refractivity contribution in [1.82, 2.24) is 4.90 Å². The van der Waals surface area contributed by atoms with Crippen LogP contribution in [0, 0.1) is 5.82 Å². The van der Waals surface area contributed by atoms with Crippen LogP contribution < -0.4 is 5.32 Å². The van der Waals surface area contributed by atoms with Gasteiger partial charge in [0, 0.05) is 5.56 Å². The summed E-state index contributed by atoms with van der Waals surface area (Å²) in [5, 5.41) is 2.62. The molecule has 1 saturated carbocycles. The zero-order chi connectivity index (χ0) is 19.6. The van der Waals surface area contributed by atoms with Gasteiger partial charge in [-0.25, -0.2) is 4.39 Å². The number of nitrogens with zero attached hydrogens (tertiary/aromatic N) is 1. The zero-order valence-electron chi connectivity index (χ0n) is 15.6. The standard InChI is InChI=1S/C22H23FN2O3/c23-17-11-5-6-12-18(17)24-20(26)19-15-28-22(13-7-2-8-14-22)25(19)21(27)16-9-3-1-4-10-16/h1,3-6,9-12,19H,2,7-8,13-15H2,(H,24,26). The van der Waals surface area contributed by atoms with Gasteiger partial charge in [-0.05, 0) is 49.9 Å². The number of hydrogen-bond donors (Lipinski definition) is 1. The lowest BCUT2D eigenvalue weighted by Crippen LogP contribution is -2.55. The van der Waals surface area contributed by atoms with Crippen LogP contribution in [-0.2, 0) is 9.53 Å². The summed E-state index contributed by atoms with van der Waals surface area (Å²) in [4.78, 5) is 27.9. The highest BCUT2D eigenvalue weighted by molar-refractivity contribution is 6.02. The number of anilines is 1. The van der Waals surface area contributed by atoms with Crippen LogP contribution >= 0.6 is 0 Å². The van der Waals surface area contributed by atoms with E-state index in [-0.39, 0.29) is 18.2 Å². The Morgan fingerprint density at radius 3 is 2.39 bits per heavy atom. The molecule has 6 heteroatoms. The fraction of sp³-hybridized carbons (Fsp3) is 0.364. The lowest BCUT2D eigenvalue weighted by Gasteiger charge is -2.41. The number of benzene rings is 2. The number of carbonyl (C=O) groups is 2. The summed E-state index contributed by atoms with van der Waals surface area (Å²) in [6, 6.07) is 14.1. The van der Waals surface area contributed by atoms with E-state index in [9.17, 15) is 14.0 Å². The highest BCUT2D eigenvalue weighted by atomic mass is 19.1. The van der Waals surface area contributed by atoms with E-state index in [0.717, 1.165) is 19.3 Å². The van der Waals surface area contributed by atoms with Crippen molar-refractivity contribution in [2.75, 3.05) is 11.9 Å². The molecule has 5 nitrogen and oxygen atoms in total. The fourth-order valence-corrected chi connectivity index (χ4v) is 4.17. The van der Waals surface area contributed by atoms with Crippen LogP contribution in [0.1, 0.15) is 42.5 Å². The smallest absolute Gasteiger partial charge is 0.256 e. The first-order chi connectivity index (χ1) is 13.6. The van der Waals surface area contributed by atoms with Gasteiger partial charge in [0.15, 0.2) is 0 Å². The zero-order valence-corrected chi connectivity index (χ0v) is 15.6. The molecule has 1 spiro atoms. The molecule has 0 radical (unpaired) electrons. The molecule has 1 aliphatic carbocycles. The van der Waals surface area contributed by atoms with Crippen molar-refractivity contribution in [2.24, 2.45) is 0 Å². The minimum absolute atomic E-state index is 0.101. The van der Waals surface area contributed by atoms with Crippen LogP contribution in [-0.4, -0.2) is 35.1 Å². The Morgan fingerprint density at radius 2 is 1.68 bits per heavy atom. The van der Waals surface area contributed by atoms with E-state index in [0.29, 0.717) is 18.4 Å². The third-order valence-corrected chi connectivity index (χ3v) is 5.57. The molecule has 2 amide bonds. The summed E-state index contributed by atoms with van der Waals surface area (Å²) in [7, 11) is 0. The molecule has 1 heterocycles. The van der Waals surface area contributed by atoms with Gasteiger partial charge >= 0.3 is 0 Å². The fourth-order valence-electron chi connectivity index (χ4n) is 4.17. The first-order valence-electron chi connectivity index (χ1n) is 9.69. The second-order valence-corrected chi connectivity index (χ2v) is 7.34. The largest absolute Gasteiger partial charge is 0.353 e. The number of hydrogen-bond acceptors (Lipinski definition) is 3. The van der Waals surface area contributed by atoms with E-state index < -0.39 is 23.5 Å². The van der Waals surface area contributed by atoms with Crippen molar-refractivity contribution in [3.63, 3.8) is 0 Å². The third kappa shape index (κ3) is 3.40. The van der Waals surface area contributed by atoms with Crippen LogP contribution in [0.25, 0.3) is 0 Å². The normalized spacial score (nSPS) is 20.9. The predicted molar refractivity (Wildman–Crippen MR) is 103 cm³/mol. The Kier molecular flexibility index (Phi) is 5.13. The van der Waals surface area contributed by atoms with Gasteiger partial charge in [0.05, 0.1) is 12.3 Å². The molecule has 2 aliphatic rings. The summed E-state index contributed by atoms with van der Waals surface area (Å²) in [5.74, 6) is -1.17. The van der Waals surface area contributed by atoms with Gasteiger partial charge in [0.25, 0.3) is 5.91 Å². The van der Waals surface area contributed by atoms with Gasteiger partial charge in [0.1, 0.15) is 17.6 Å².